The molecule has 52 valence electrons. The normalized spacial score (nSPS) is 12.7. The van der Waals surface area contributed by atoms with Crippen LogP contribution in [0.4, 0.5) is 0 Å². The van der Waals surface area contributed by atoms with Gasteiger partial charge in [-0.25, -0.2) is 0 Å². The molecule has 0 heterocycles. The first kappa shape index (κ1) is 8.63. The molecule has 0 spiro atoms. The Bertz CT molecular complexity index is 125. The second-order valence-corrected chi connectivity index (χ2v) is 2.22. The molecule has 0 aromatic heterocycles. The number of rotatable bonds is 2. The Morgan fingerprint density at radius 1 is 1.44 bits per heavy atom. The summed E-state index contributed by atoms with van der Waals surface area (Å²) in [5.74, 6) is 0. The van der Waals surface area contributed by atoms with Gasteiger partial charge in [0.1, 0.15) is 0 Å². The monoisotopic (exact) mass is 143 g/mol. The Balaban J connectivity index is 4.01. The highest BCUT2D eigenvalue weighted by Gasteiger charge is 1.88. The summed E-state index contributed by atoms with van der Waals surface area (Å²) in [6.45, 7) is 2.00. The minimum atomic E-state index is 1.17. The maximum atomic E-state index is 3.96. The van der Waals surface area contributed by atoms with Gasteiger partial charge in [0, 0.05) is 19.8 Å². The molecule has 0 amide bonds. The molecule has 1 nitrogen and oxygen atoms in total. The van der Waals surface area contributed by atoms with Crippen LogP contribution in [0.15, 0.2) is 23.3 Å². The smallest absolute Gasteiger partial charge is 0.0322 e. The van der Waals surface area contributed by atoms with Crippen LogP contribution in [-0.2, 0) is 0 Å². The summed E-state index contributed by atoms with van der Waals surface area (Å²) in [5.41, 5.74) is 1.17. The zero-order chi connectivity index (χ0) is 7.28. The molecule has 9 heavy (non-hydrogen) atoms. The molecule has 0 bridgehead atoms. The quantitative estimate of drug-likeness (QED) is 0.456. The first-order valence-electron chi connectivity index (χ1n) is 2.86. The van der Waals surface area contributed by atoms with E-state index < -0.39 is 0 Å². The van der Waals surface area contributed by atoms with Crippen LogP contribution < -0.4 is 0 Å². The van der Waals surface area contributed by atoms with Gasteiger partial charge in [0.25, 0.3) is 0 Å². The summed E-state index contributed by atoms with van der Waals surface area (Å²) in [6.07, 6.45) is 3.98. The Labute approximate surface area is 62.5 Å². The van der Waals surface area contributed by atoms with Crippen LogP contribution in [0, 0.1) is 0 Å². The number of nitrogens with zero attached hydrogens (tertiary/aromatic N) is 1. The van der Waals surface area contributed by atoms with Crippen molar-refractivity contribution in [3.63, 3.8) is 0 Å². The van der Waals surface area contributed by atoms with Gasteiger partial charge in [0.15, 0.2) is 0 Å². The summed E-state index contributed by atoms with van der Waals surface area (Å²) >= 11 is 3.96. The fourth-order valence-corrected chi connectivity index (χ4v) is 0.733. The molecule has 0 saturated carbocycles. The highest BCUT2D eigenvalue weighted by molar-refractivity contribution is 7.83. The lowest BCUT2D eigenvalue weighted by Gasteiger charge is -2.11. The minimum Gasteiger partial charge on any atom is -0.378 e. The van der Waals surface area contributed by atoms with Crippen LogP contribution in [0.3, 0.4) is 0 Å². The first-order valence-corrected chi connectivity index (χ1v) is 3.38. The van der Waals surface area contributed by atoms with E-state index >= 15 is 0 Å². The standard InChI is InChI=1S/C7H13NS/c1-4-7(5-6-9)8(2)3/h4-6,9H,1-3H3/b6-5-,7-4+. The lowest BCUT2D eigenvalue weighted by molar-refractivity contribution is 0.529. The summed E-state index contributed by atoms with van der Waals surface area (Å²) in [4.78, 5) is 2.03. The van der Waals surface area contributed by atoms with E-state index in [0.717, 1.165) is 0 Å². The van der Waals surface area contributed by atoms with E-state index in [9.17, 15) is 0 Å². The van der Waals surface area contributed by atoms with Crippen molar-refractivity contribution >= 4 is 12.6 Å². The van der Waals surface area contributed by atoms with Gasteiger partial charge in [0.05, 0.1) is 0 Å². The average Bonchev–Trinajstić information content (AvgIpc) is 1.82. The van der Waals surface area contributed by atoms with Crippen molar-refractivity contribution in [1.82, 2.24) is 4.90 Å². The second-order valence-electron chi connectivity index (χ2n) is 1.92. The maximum absolute atomic E-state index is 3.96. The molecule has 0 atom stereocenters. The number of hydrogen-bond acceptors (Lipinski definition) is 2. The number of allylic oxidation sites excluding steroid dienone is 2. The minimum absolute atomic E-state index is 1.17. The molecule has 0 aliphatic carbocycles. The largest absolute Gasteiger partial charge is 0.378 e. The molecule has 0 fully saturated rings. The molecule has 0 saturated heterocycles. The molecule has 0 N–H and O–H groups in total. The Morgan fingerprint density at radius 2 is 2.00 bits per heavy atom. The van der Waals surface area contributed by atoms with Crippen molar-refractivity contribution < 1.29 is 0 Å². The SMILES string of the molecule is C/C=C(\C=C/S)N(C)C. The van der Waals surface area contributed by atoms with E-state index in [1.165, 1.54) is 5.70 Å². The summed E-state index contributed by atoms with van der Waals surface area (Å²) in [5, 5.41) is 1.73. The van der Waals surface area contributed by atoms with Gasteiger partial charge in [-0.3, -0.25) is 0 Å². The van der Waals surface area contributed by atoms with E-state index in [1.54, 1.807) is 5.41 Å². The van der Waals surface area contributed by atoms with Crippen molar-refractivity contribution in [1.29, 1.82) is 0 Å². The number of likely N-dealkylation sites (N-methyl/N-ethyl adjacent to an activating group) is 1. The predicted molar refractivity (Wildman–Crippen MR) is 45.6 cm³/mol. The summed E-state index contributed by atoms with van der Waals surface area (Å²) in [7, 11) is 4.01. The third-order valence-corrected chi connectivity index (χ3v) is 1.21. The van der Waals surface area contributed by atoms with Crippen molar-refractivity contribution in [3.8, 4) is 0 Å². The predicted octanol–water partition coefficient (Wildman–Crippen LogP) is 1.90. The molecule has 0 aromatic rings. The van der Waals surface area contributed by atoms with Gasteiger partial charge in [-0.15, -0.1) is 0 Å². The fourth-order valence-electron chi connectivity index (χ4n) is 0.580. The van der Waals surface area contributed by atoms with Gasteiger partial charge in [0.2, 0.25) is 0 Å². The third kappa shape index (κ3) is 3.25. The summed E-state index contributed by atoms with van der Waals surface area (Å²) < 4.78 is 0. The lowest BCUT2D eigenvalue weighted by atomic mass is 10.4. The van der Waals surface area contributed by atoms with Gasteiger partial charge < -0.3 is 4.90 Å². The lowest BCUT2D eigenvalue weighted by Crippen LogP contribution is -2.08. The van der Waals surface area contributed by atoms with Gasteiger partial charge >= 0.3 is 0 Å². The molecule has 0 unspecified atom stereocenters. The first-order chi connectivity index (χ1) is 4.22. The molecule has 0 aliphatic heterocycles. The number of hydrogen-bond donors (Lipinski definition) is 1. The van der Waals surface area contributed by atoms with E-state index in [-0.39, 0.29) is 0 Å². The van der Waals surface area contributed by atoms with Crippen LogP contribution in [0.2, 0.25) is 0 Å². The average molecular weight is 143 g/mol. The molecular weight excluding hydrogens is 130 g/mol. The maximum Gasteiger partial charge on any atom is 0.0322 e. The Kier molecular flexibility index (Phi) is 4.32. The molecule has 0 radical (unpaired) electrons. The molecule has 2 heteroatoms. The van der Waals surface area contributed by atoms with E-state index in [1.807, 2.05) is 38.1 Å². The molecule has 0 rings (SSSR count). The van der Waals surface area contributed by atoms with Crippen molar-refractivity contribution in [2.45, 2.75) is 6.92 Å². The molecule has 0 aromatic carbocycles. The Hall–Kier alpha value is -0.370. The summed E-state index contributed by atoms with van der Waals surface area (Å²) in [6, 6.07) is 0. The van der Waals surface area contributed by atoms with Crippen LogP contribution >= 0.6 is 12.6 Å². The van der Waals surface area contributed by atoms with Crippen LogP contribution in [0.25, 0.3) is 0 Å². The molecule has 0 aliphatic rings. The topological polar surface area (TPSA) is 3.24 Å². The molecular formula is C7H13NS. The Morgan fingerprint density at radius 3 is 2.11 bits per heavy atom. The van der Waals surface area contributed by atoms with Crippen molar-refractivity contribution in [3.05, 3.63) is 23.3 Å². The van der Waals surface area contributed by atoms with Crippen molar-refractivity contribution in [2.24, 2.45) is 0 Å². The van der Waals surface area contributed by atoms with Gasteiger partial charge in [-0.1, -0.05) is 6.08 Å². The van der Waals surface area contributed by atoms with Gasteiger partial charge in [-0.05, 0) is 18.4 Å². The van der Waals surface area contributed by atoms with Crippen LogP contribution in [0.1, 0.15) is 6.92 Å². The zero-order valence-corrected chi connectivity index (χ0v) is 7.02. The highest BCUT2D eigenvalue weighted by atomic mass is 32.1. The number of thiol groups is 1. The van der Waals surface area contributed by atoms with E-state index in [4.69, 9.17) is 0 Å². The third-order valence-electron chi connectivity index (χ3n) is 1.06. The second kappa shape index (κ2) is 4.50. The zero-order valence-electron chi connectivity index (χ0n) is 6.13. The van der Waals surface area contributed by atoms with Gasteiger partial charge in [-0.2, -0.15) is 12.6 Å². The van der Waals surface area contributed by atoms with Crippen LogP contribution in [-0.4, -0.2) is 19.0 Å². The fraction of sp³-hybridized carbons (Fsp3) is 0.429. The van der Waals surface area contributed by atoms with Crippen molar-refractivity contribution in [2.75, 3.05) is 14.1 Å². The highest BCUT2D eigenvalue weighted by Crippen LogP contribution is 1.99. The van der Waals surface area contributed by atoms with Crippen LogP contribution in [0.5, 0.6) is 0 Å². The van der Waals surface area contributed by atoms with E-state index in [2.05, 4.69) is 12.6 Å². The van der Waals surface area contributed by atoms with E-state index in [0.29, 0.717) is 0 Å².